The summed E-state index contributed by atoms with van der Waals surface area (Å²) >= 11 is 0. The molecule has 0 aliphatic rings. The van der Waals surface area contributed by atoms with Gasteiger partial charge in [0.15, 0.2) is 0 Å². The van der Waals surface area contributed by atoms with Crippen LogP contribution in [0.5, 0.6) is 5.75 Å². The summed E-state index contributed by atoms with van der Waals surface area (Å²) < 4.78 is 0. The molecule has 180 valence electrons. The van der Waals surface area contributed by atoms with Crippen LogP contribution in [-0.4, -0.2) is 17.7 Å². The van der Waals surface area contributed by atoms with Crippen molar-refractivity contribution in [1.29, 1.82) is 0 Å². The Balaban J connectivity index is 0. The smallest absolute Gasteiger partial charge is 0.150 e. The van der Waals surface area contributed by atoms with Crippen LogP contribution in [0.25, 0.3) is 0 Å². The van der Waals surface area contributed by atoms with Gasteiger partial charge in [0.1, 0.15) is 18.3 Å². The highest BCUT2D eigenvalue weighted by Crippen LogP contribution is 2.14. The first-order chi connectivity index (χ1) is 15.8. The van der Waals surface area contributed by atoms with Crippen LogP contribution in [0.4, 0.5) is 0 Å². The molecule has 3 heteroatoms. The molecule has 0 aromatic heterocycles. The zero-order valence-electron chi connectivity index (χ0n) is 21.6. The second kappa shape index (κ2) is 20.7. The van der Waals surface area contributed by atoms with Crippen LogP contribution in [0, 0.1) is 13.8 Å². The van der Waals surface area contributed by atoms with E-state index < -0.39 is 0 Å². The molecule has 3 aromatic rings. The molecule has 3 nitrogen and oxygen atoms in total. The summed E-state index contributed by atoms with van der Waals surface area (Å²) in [4.78, 5) is 20.3. The maximum Gasteiger partial charge on any atom is 0.150 e. The molecule has 0 bridgehead atoms. The maximum absolute atomic E-state index is 10.2. The van der Waals surface area contributed by atoms with Crippen LogP contribution >= 0.6 is 0 Å². The molecule has 0 fully saturated rings. The highest BCUT2D eigenvalue weighted by atomic mass is 16.3. The number of phenols is 1. The van der Waals surface area contributed by atoms with E-state index in [9.17, 15) is 9.59 Å². The normalized spacial score (nSPS) is 8.76. The van der Waals surface area contributed by atoms with Gasteiger partial charge in [-0.2, -0.15) is 0 Å². The predicted molar refractivity (Wildman–Crippen MR) is 142 cm³/mol. The predicted octanol–water partition coefficient (Wildman–Crippen LogP) is 8.11. The summed E-state index contributed by atoms with van der Waals surface area (Å²) in [6.07, 6.45) is 2.31. The van der Waals surface area contributed by atoms with Crippen LogP contribution in [0.1, 0.15) is 80.1 Å². The highest BCUT2D eigenvalue weighted by molar-refractivity contribution is 5.74. The lowest BCUT2D eigenvalue weighted by Crippen LogP contribution is -1.89. The van der Waals surface area contributed by atoms with Crippen LogP contribution in [0.3, 0.4) is 0 Å². The van der Waals surface area contributed by atoms with E-state index in [1.807, 2.05) is 90.1 Å². The summed E-state index contributed by atoms with van der Waals surface area (Å²) in [5, 5.41) is 8.76. The molecule has 1 N–H and O–H groups in total. The Morgan fingerprint density at radius 2 is 1.12 bits per heavy atom. The number of rotatable bonds is 4. The summed E-state index contributed by atoms with van der Waals surface area (Å²) in [6, 6.07) is 22.8. The highest BCUT2D eigenvalue weighted by Gasteiger charge is 1.97. The first-order valence-electron chi connectivity index (χ1n) is 11.7. The molecule has 0 unspecified atom stereocenters. The van der Waals surface area contributed by atoms with Crippen molar-refractivity contribution < 1.29 is 14.7 Å². The van der Waals surface area contributed by atoms with Crippen molar-refractivity contribution in [2.24, 2.45) is 0 Å². The van der Waals surface area contributed by atoms with Gasteiger partial charge in [-0.3, -0.25) is 4.79 Å². The Kier molecular flexibility index (Phi) is 20.1. The lowest BCUT2D eigenvalue weighted by molar-refractivity contribution is -0.107. The second-order valence-corrected chi connectivity index (χ2v) is 7.13. The fourth-order valence-corrected chi connectivity index (χ4v) is 2.32. The summed E-state index contributed by atoms with van der Waals surface area (Å²) in [5.74, 6) is 0.894. The first-order valence-corrected chi connectivity index (χ1v) is 11.7. The van der Waals surface area contributed by atoms with Crippen molar-refractivity contribution in [3.63, 3.8) is 0 Å². The first kappa shape index (κ1) is 32.0. The minimum absolute atomic E-state index is 0.329. The zero-order valence-corrected chi connectivity index (χ0v) is 21.6. The number of aldehydes is 2. The zero-order chi connectivity index (χ0) is 25.6. The Bertz CT molecular complexity index is 826. The molecule has 0 saturated heterocycles. The second-order valence-electron chi connectivity index (χ2n) is 7.13. The lowest BCUT2D eigenvalue weighted by atomic mass is 10.0. The lowest BCUT2D eigenvalue weighted by Gasteiger charge is -2.04. The molecule has 0 amide bonds. The van der Waals surface area contributed by atoms with Crippen molar-refractivity contribution in [3.05, 3.63) is 101 Å². The number of phenolic OH excluding ortho intramolecular Hbond substituents is 1. The van der Waals surface area contributed by atoms with E-state index in [4.69, 9.17) is 5.11 Å². The fourth-order valence-electron chi connectivity index (χ4n) is 2.32. The van der Waals surface area contributed by atoms with Crippen molar-refractivity contribution in [2.75, 3.05) is 0 Å². The van der Waals surface area contributed by atoms with E-state index >= 15 is 0 Å². The molecule has 0 aliphatic carbocycles. The number of aromatic hydroxyl groups is 1. The van der Waals surface area contributed by atoms with E-state index in [1.54, 1.807) is 12.1 Å². The molecule has 0 saturated carbocycles. The third kappa shape index (κ3) is 16.1. The summed E-state index contributed by atoms with van der Waals surface area (Å²) in [6.45, 7) is 16.3. The molecule has 0 radical (unpaired) electrons. The van der Waals surface area contributed by atoms with E-state index in [2.05, 4.69) is 26.0 Å². The summed E-state index contributed by atoms with van der Waals surface area (Å²) in [5.41, 5.74) is 5.50. The average Bonchev–Trinajstić information content (AvgIpc) is 2.85. The molecular formula is C30H42O3. The van der Waals surface area contributed by atoms with Crippen LogP contribution in [0.2, 0.25) is 0 Å². The van der Waals surface area contributed by atoms with Crippen molar-refractivity contribution >= 4 is 12.6 Å². The Morgan fingerprint density at radius 1 is 0.697 bits per heavy atom. The average molecular weight is 451 g/mol. The Hall–Kier alpha value is -3.20. The monoisotopic (exact) mass is 450 g/mol. The number of hydrogen-bond donors (Lipinski definition) is 1. The SMILES string of the molecule is CC.CC.CC(C)c1ccc(CC=O)cc1.Cc1ccc(C=O)cc1.Cc1ccc(O)cc1. The van der Waals surface area contributed by atoms with Crippen LogP contribution in [0.15, 0.2) is 72.8 Å². The molecule has 0 spiro atoms. The van der Waals surface area contributed by atoms with Gasteiger partial charge in [-0.1, -0.05) is 113 Å². The molecule has 3 aromatic carbocycles. The van der Waals surface area contributed by atoms with Crippen molar-refractivity contribution in [1.82, 2.24) is 0 Å². The van der Waals surface area contributed by atoms with E-state index in [1.165, 1.54) is 16.7 Å². The molecule has 33 heavy (non-hydrogen) atoms. The summed E-state index contributed by atoms with van der Waals surface area (Å²) in [7, 11) is 0. The van der Waals surface area contributed by atoms with E-state index in [0.717, 1.165) is 23.7 Å². The third-order valence-electron chi connectivity index (χ3n) is 4.21. The van der Waals surface area contributed by atoms with Crippen molar-refractivity contribution in [3.8, 4) is 5.75 Å². The molecule has 0 heterocycles. The van der Waals surface area contributed by atoms with Crippen molar-refractivity contribution in [2.45, 2.75) is 67.7 Å². The van der Waals surface area contributed by atoms with Crippen LogP contribution < -0.4 is 0 Å². The number of aryl methyl sites for hydroxylation is 2. The fraction of sp³-hybridized carbons (Fsp3) is 0.333. The maximum atomic E-state index is 10.2. The van der Waals surface area contributed by atoms with E-state index in [-0.39, 0.29) is 0 Å². The Morgan fingerprint density at radius 3 is 1.45 bits per heavy atom. The number of carbonyl (C=O) groups excluding carboxylic acids is 2. The minimum atomic E-state index is 0.329. The van der Waals surface area contributed by atoms with Gasteiger partial charge in [-0.25, -0.2) is 0 Å². The van der Waals surface area contributed by atoms with Gasteiger partial charge >= 0.3 is 0 Å². The van der Waals surface area contributed by atoms with Gasteiger partial charge in [0, 0.05) is 12.0 Å². The standard InChI is InChI=1S/C11H14O.C8H8O.C7H8O.2C2H6/c1-9(2)11-5-3-10(4-6-11)7-8-12;1-7-2-4-8(6-9)5-3-7;1-6-2-4-7(8)5-3-6;2*1-2/h3-6,8-9H,7H2,1-2H3;2-6H,1H3;2-5,8H,1H3;2*1-2H3. The van der Waals surface area contributed by atoms with E-state index in [0.29, 0.717) is 18.1 Å². The minimum Gasteiger partial charge on any atom is -0.508 e. The topological polar surface area (TPSA) is 54.4 Å². The molecule has 0 atom stereocenters. The van der Waals surface area contributed by atoms with Gasteiger partial charge < -0.3 is 9.90 Å². The number of hydrogen-bond acceptors (Lipinski definition) is 3. The van der Waals surface area contributed by atoms with Crippen LogP contribution in [-0.2, 0) is 11.2 Å². The van der Waals surface area contributed by atoms with Gasteiger partial charge in [0.05, 0.1) is 0 Å². The van der Waals surface area contributed by atoms with Gasteiger partial charge in [0.25, 0.3) is 0 Å². The molecular weight excluding hydrogens is 408 g/mol. The quantitative estimate of drug-likeness (QED) is 0.408. The van der Waals surface area contributed by atoms with Gasteiger partial charge in [0.2, 0.25) is 0 Å². The largest absolute Gasteiger partial charge is 0.508 e. The third-order valence-corrected chi connectivity index (χ3v) is 4.21. The van der Waals surface area contributed by atoms with Gasteiger partial charge in [-0.05, 0) is 43.0 Å². The number of carbonyl (C=O) groups is 2. The Labute approximate surface area is 201 Å². The molecule has 0 aliphatic heterocycles. The number of benzene rings is 3. The molecule has 3 rings (SSSR count). The van der Waals surface area contributed by atoms with Gasteiger partial charge in [-0.15, -0.1) is 0 Å².